The molecular weight excluding hydrogens is 392 g/mol. The van der Waals surface area contributed by atoms with Gasteiger partial charge in [0.05, 0.1) is 25.7 Å². The van der Waals surface area contributed by atoms with E-state index in [0.29, 0.717) is 12.2 Å². The Hall–Kier alpha value is -3.55. The first-order valence-corrected chi connectivity index (χ1v) is 9.57. The Morgan fingerprint density at radius 3 is 2.30 bits per heavy atom. The molecule has 0 unspecified atom stereocenters. The minimum atomic E-state index is -0.820. The summed E-state index contributed by atoms with van der Waals surface area (Å²) in [6, 6.07) is 6.01. The average molecular weight is 414 g/mol. The Morgan fingerprint density at radius 1 is 0.967 bits per heavy atom. The van der Waals surface area contributed by atoms with E-state index in [-0.39, 0.29) is 47.0 Å². The summed E-state index contributed by atoms with van der Waals surface area (Å²) < 4.78 is 26.6. The fourth-order valence-electron chi connectivity index (χ4n) is 3.08. The van der Waals surface area contributed by atoms with Crippen molar-refractivity contribution < 1.29 is 32.6 Å². The van der Waals surface area contributed by atoms with Gasteiger partial charge in [0.25, 0.3) is 0 Å². The van der Waals surface area contributed by atoms with E-state index >= 15 is 0 Å². The van der Waals surface area contributed by atoms with Crippen molar-refractivity contribution >= 4 is 22.9 Å². The summed E-state index contributed by atoms with van der Waals surface area (Å²) in [4.78, 5) is 37.8. The number of carbonyl (C=O) groups is 2. The van der Waals surface area contributed by atoms with Gasteiger partial charge < -0.3 is 23.0 Å². The predicted molar refractivity (Wildman–Crippen MR) is 108 cm³/mol. The molecule has 0 aliphatic rings. The van der Waals surface area contributed by atoms with E-state index in [0.717, 1.165) is 5.56 Å². The topological polar surface area (TPSA) is 105 Å². The molecule has 0 amide bonds. The van der Waals surface area contributed by atoms with Crippen LogP contribution in [0.3, 0.4) is 0 Å². The SMILES string of the molecule is CCOC(=O)c1ccc(-c2c(C(=O)OCC)oc3cc(OC)c(CC)cc3c2=O)o1. The van der Waals surface area contributed by atoms with Gasteiger partial charge in [0.1, 0.15) is 22.7 Å². The van der Waals surface area contributed by atoms with Gasteiger partial charge in [-0.15, -0.1) is 0 Å². The monoisotopic (exact) mass is 414 g/mol. The molecule has 0 bridgehead atoms. The Morgan fingerprint density at radius 2 is 1.67 bits per heavy atom. The first kappa shape index (κ1) is 21.2. The highest BCUT2D eigenvalue weighted by molar-refractivity contribution is 5.97. The van der Waals surface area contributed by atoms with Crippen LogP contribution in [0.15, 0.2) is 37.9 Å². The van der Waals surface area contributed by atoms with Gasteiger partial charge in [0.15, 0.2) is 0 Å². The second-order valence-corrected chi connectivity index (χ2v) is 6.25. The van der Waals surface area contributed by atoms with Gasteiger partial charge in [-0.2, -0.15) is 0 Å². The standard InChI is InChI=1S/C22H22O8/c1-5-12-10-13-17(11-16(12)26-4)30-20(22(25)28-7-3)18(19(13)23)14-8-9-15(29-14)21(24)27-6-2/h8-11H,5-7H2,1-4H3. The summed E-state index contributed by atoms with van der Waals surface area (Å²) >= 11 is 0. The Bertz CT molecular complexity index is 1150. The molecule has 30 heavy (non-hydrogen) atoms. The summed E-state index contributed by atoms with van der Waals surface area (Å²) in [7, 11) is 1.51. The molecule has 0 aliphatic carbocycles. The first-order chi connectivity index (χ1) is 14.4. The van der Waals surface area contributed by atoms with Gasteiger partial charge in [0.2, 0.25) is 16.9 Å². The summed E-state index contributed by atoms with van der Waals surface area (Å²) in [5.74, 6) is -1.36. The number of furan rings is 1. The summed E-state index contributed by atoms with van der Waals surface area (Å²) in [5.41, 5.74) is 0.377. The normalized spacial score (nSPS) is 10.8. The fourth-order valence-corrected chi connectivity index (χ4v) is 3.08. The van der Waals surface area contributed by atoms with Gasteiger partial charge >= 0.3 is 11.9 Å². The van der Waals surface area contributed by atoms with Crippen molar-refractivity contribution in [1.29, 1.82) is 0 Å². The highest BCUT2D eigenvalue weighted by Gasteiger charge is 2.27. The average Bonchev–Trinajstić information content (AvgIpc) is 3.23. The largest absolute Gasteiger partial charge is 0.496 e. The van der Waals surface area contributed by atoms with E-state index in [1.54, 1.807) is 26.0 Å². The van der Waals surface area contributed by atoms with E-state index in [2.05, 4.69) is 0 Å². The number of benzene rings is 1. The minimum Gasteiger partial charge on any atom is -0.496 e. The molecule has 2 aromatic heterocycles. The van der Waals surface area contributed by atoms with Crippen LogP contribution < -0.4 is 10.2 Å². The molecule has 0 atom stereocenters. The van der Waals surface area contributed by atoms with E-state index < -0.39 is 17.4 Å². The van der Waals surface area contributed by atoms with Crippen molar-refractivity contribution in [1.82, 2.24) is 0 Å². The Balaban J connectivity index is 2.29. The molecular formula is C22H22O8. The number of aryl methyl sites for hydroxylation is 1. The predicted octanol–water partition coefficient (Wildman–Crippen LogP) is 3.98. The van der Waals surface area contributed by atoms with Crippen molar-refractivity contribution in [3.05, 3.63) is 51.6 Å². The number of hydrogen-bond donors (Lipinski definition) is 0. The molecule has 3 aromatic rings. The van der Waals surface area contributed by atoms with Crippen LogP contribution in [0.1, 0.15) is 47.4 Å². The van der Waals surface area contributed by atoms with E-state index in [1.807, 2.05) is 6.92 Å². The van der Waals surface area contributed by atoms with Crippen LogP contribution in [-0.4, -0.2) is 32.3 Å². The van der Waals surface area contributed by atoms with Crippen molar-refractivity contribution in [2.75, 3.05) is 20.3 Å². The van der Waals surface area contributed by atoms with Crippen molar-refractivity contribution in [3.8, 4) is 17.1 Å². The Kier molecular flexibility index (Phi) is 6.25. The first-order valence-electron chi connectivity index (χ1n) is 9.57. The highest BCUT2D eigenvalue weighted by atomic mass is 16.5. The molecule has 158 valence electrons. The lowest BCUT2D eigenvalue weighted by molar-refractivity contribution is 0.0486. The maximum absolute atomic E-state index is 13.3. The van der Waals surface area contributed by atoms with Crippen LogP contribution in [0.25, 0.3) is 22.3 Å². The van der Waals surface area contributed by atoms with Crippen LogP contribution >= 0.6 is 0 Å². The maximum Gasteiger partial charge on any atom is 0.375 e. The van der Waals surface area contributed by atoms with Crippen LogP contribution in [0.2, 0.25) is 0 Å². The molecule has 8 heteroatoms. The van der Waals surface area contributed by atoms with Crippen molar-refractivity contribution in [2.24, 2.45) is 0 Å². The lowest BCUT2D eigenvalue weighted by Gasteiger charge is -2.11. The molecule has 0 aliphatic heterocycles. The molecule has 0 fully saturated rings. The van der Waals surface area contributed by atoms with E-state index in [9.17, 15) is 14.4 Å². The van der Waals surface area contributed by atoms with Gasteiger partial charge in [-0.25, -0.2) is 9.59 Å². The van der Waals surface area contributed by atoms with Crippen LogP contribution in [0.4, 0.5) is 0 Å². The number of ether oxygens (including phenoxy) is 3. The Labute approximate surface area is 172 Å². The zero-order valence-corrected chi connectivity index (χ0v) is 17.2. The smallest absolute Gasteiger partial charge is 0.375 e. The summed E-state index contributed by atoms with van der Waals surface area (Å²) in [5, 5.41) is 0.254. The summed E-state index contributed by atoms with van der Waals surface area (Å²) in [6.07, 6.45) is 0.626. The number of rotatable bonds is 7. The zero-order valence-electron chi connectivity index (χ0n) is 17.2. The van der Waals surface area contributed by atoms with Gasteiger partial charge in [0, 0.05) is 6.07 Å². The van der Waals surface area contributed by atoms with E-state index in [1.165, 1.54) is 19.2 Å². The lowest BCUT2D eigenvalue weighted by atomic mass is 10.0. The number of methoxy groups -OCH3 is 1. The number of fused-ring (bicyclic) bond motifs is 1. The molecule has 3 rings (SSSR count). The quantitative estimate of drug-likeness (QED) is 0.535. The number of carbonyl (C=O) groups excluding carboxylic acids is 2. The third-order valence-electron chi connectivity index (χ3n) is 4.46. The summed E-state index contributed by atoms with van der Waals surface area (Å²) in [6.45, 7) is 5.49. The fraction of sp³-hybridized carbons (Fsp3) is 0.318. The molecule has 2 heterocycles. The molecule has 0 spiro atoms. The van der Waals surface area contributed by atoms with Gasteiger partial charge in [-0.05, 0) is 44.0 Å². The van der Waals surface area contributed by atoms with Crippen molar-refractivity contribution in [3.63, 3.8) is 0 Å². The third-order valence-corrected chi connectivity index (χ3v) is 4.46. The van der Waals surface area contributed by atoms with Crippen molar-refractivity contribution in [2.45, 2.75) is 27.2 Å². The lowest BCUT2D eigenvalue weighted by Crippen LogP contribution is -2.15. The number of esters is 2. The maximum atomic E-state index is 13.3. The molecule has 0 radical (unpaired) electrons. The minimum absolute atomic E-state index is 0.00521. The van der Waals surface area contributed by atoms with Crippen LogP contribution in [0, 0.1) is 0 Å². The second-order valence-electron chi connectivity index (χ2n) is 6.25. The van der Waals surface area contributed by atoms with Crippen LogP contribution in [0.5, 0.6) is 5.75 Å². The third kappa shape index (κ3) is 3.80. The number of hydrogen-bond acceptors (Lipinski definition) is 8. The van der Waals surface area contributed by atoms with Crippen LogP contribution in [-0.2, 0) is 15.9 Å². The van der Waals surface area contributed by atoms with E-state index in [4.69, 9.17) is 23.0 Å². The molecule has 0 saturated heterocycles. The molecule has 8 nitrogen and oxygen atoms in total. The second kappa shape index (κ2) is 8.86. The highest BCUT2D eigenvalue weighted by Crippen LogP contribution is 2.31. The van der Waals surface area contributed by atoms with Gasteiger partial charge in [-0.1, -0.05) is 6.92 Å². The van der Waals surface area contributed by atoms with Gasteiger partial charge in [-0.3, -0.25) is 4.79 Å². The molecule has 1 aromatic carbocycles. The zero-order chi connectivity index (χ0) is 21.8. The molecule has 0 N–H and O–H groups in total. The molecule has 0 saturated carbocycles.